The monoisotopic (exact) mass is 496 g/mol. The molecular weight excluding hydrogens is 479 g/mol. The van der Waals surface area contributed by atoms with E-state index in [4.69, 9.17) is 38.0 Å². The number of carbonyl (C=O) groups excluding carboxylic acids is 2. The number of nitrogens with zero attached hydrogens (tertiary/aromatic N) is 1. The van der Waals surface area contributed by atoms with Crippen LogP contribution in [0.3, 0.4) is 0 Å². The first-order valence-electron chi connectivity index (χ1n) is 9.07. The van der Waals surface area contributed by atoms with Gasteiger partial charge in [0.05, 0.1) is 31.3 Å². The lowest BCUT2D eigenvalue weighted by molar-refractivity contribution is -0.126. The summed E-state index contributed by atoms with van der Waals surface area (Å²) in [6.45, 7) is -0.299. The van der Waals surface area contributed by atoms with Crippen LogP contribution in [-0.2, 0) is 9.59 Å². The molecule has 0 radical (unpaired) electrons. The molecule has 2 amide bonds. The molecular formula is C21H18ClFN2O5S2. The zero-order valence-corrected chi connectivity index (χ0v) is 19.6. The number of halogens is 2. The van der Waals surface area contributed by atoms with E-state index in [1.54, 1.807) is 18.2 Å². The second-order valence-electron chi connectivity index (χ2n) is 6.40. The van der Waals surface area contributed by atoms with Crippen LogP contribution in [0.1, 0.15) is 5.56 Å². The minimum atomic E-state index is -0.599. The molecule has 1 fully saturated rings. The topological polar surface area (TPSA) is 77.1 Å². The van der Waals surface area contributed by atoms with Crippen molar-refractivity contribution >= 4 is 63.5 Å². The number of hydrogen-bond acceptors (Lipinski definition) is 7. The van der Waals surface area contributed by atoms with E-state index in [2.05, 4.69) is 5.32 Å². The van der Waals surface area contributed by atoms with Gasteiger partial charge in [0.1, 0.15) is 16.7 Å². The minimum absolute atomic E-state index is 0.123. The van der Waals surface area contributed by atoms with Gasteiger partial charge in [-0.05, 0) is 42.0 Å². The molecule has 3 rings (SSSR count). The maximum atomic E-state index is 13.3. The molecule has 2 aromatic rings. The molecule has 0 unspecified atom stereocenters. The van der Waals surface area contributed by atoms with Gasteiger partial charge in [-0.15, -0.1) is 0 Å². The molecule has 1 aliphatic heterocycles. The molecule has 168 valence electrons. The number of carbonyl (C=O) groups is 2. The van der Waals surface area contributed by atoms with Crippen molar-refractivity contribution in [3.8, 4) is 17.2 Å². The zero-order chi connectivity index (χ0) is 23.4. The Bertz CT molecular complexity index is 1100. The Hall–Kier alpha value is -2.82. The van der Waals surface area contributed by atoms with Crippen LogP contribution in [0, 0.1) is 5.82 Å². The second-order valence-corrected chi connectivity index (χ2v) is 8.49. The average Bonchev–Trinajstić information content (AvgIpc) is 3.02. The van der Waals surface area contributed by atoms with Gasteiger partial charge in [0.25, 0.3) is 5.91 Å². The van der Waals surface area contributed by atoms with E-state index < -0.39 is 17.6 Å². The fourth-order valence-electron chi connectivity index (χ4n) is 2.89. The third kappa shape index (κ3) is 5.14. The van der Waals surface area contributed by atoms with Gasteiger partial charge in [0.2, 0.25) is 11.7 Å². The molecule has 1 heterocycles. The smallest absolute Gasteiger partial charge is 0.266 e. The van der Waals surface area contributed by atoms with Gasteiger partial charge in [-0.3, -0.25) is 14.5 Å². The van der Waals surface area contributed by atoms with Crippen LogP contribution in [0.2, 0.25) is 5.02 Å². The van der Waals surface area contributed by atoms with Gasteiger partial charge in [-0.25, -0.2) is 4.39 Å². The Morgan fingerprint density at radius 3 is 2.41 bits per heavy atom. The Morgan fingerprint density at radius 2 is 1.84 bits per heavy atom. The number of anilines is 1. The van der Waals surface area contributed by atoms with Crippen LogP contribution >= 0.6 is 35.6 Å². The number of rotatable bonds is 7. The summed E-state index contributed by atoms with van der Waals surface area (Å²) in [6, 6.07) is 7.17. The maximum Gasteiger partial charge on any atom is 0.266 e. The van der Waals surface area contributed by atoms with E-state index in [9.17, 15) is 14.0 Å². The van der Waals surface area contributed by atoms with Crippen molar-refractivity contribution in [1.29, 1.82) is 0 Å². The summed E-state index contributed by atoms with van der Waals surface area (Å²) in [5.41, 5.74) is 0.935. The van der Waals surface area contributed by atoms with Crippen molar-refractivity contribution in [3.63, 3.8) is 0 Å². The number of ether oxygens (including phenoxy) is 3. The molecule has 1 N–H and O–H groups in total. The number of nitrogens with one attached hydrogen (secondary N) is 1. The lowest BCUT2D eigenvalue weighted by atomic mass is 10.1. The molecule has 32 heavy (non-hydrogen) atoms. The van der Waals surface area contributed by atoms with Crippen LogP contribution in [0.5, 0.6) is 17.2 Å². The highest BCUT2D eigenvalue weighted by molar-refractivity contribution is 8.26. The van der Waals surface area contributed by atoms with Crippen molar-refractivity contribution in [2.45, 2.75) is 0 Å². The molecule has 1 aliphatic rings. The highest BCUT2D eigenvalue weighted by Gasteiger charge is 2.33. The van der Waals surface area contributed by atoms with E-state index in [0.717, 1.165) is 17.8 Å². The fraction of sp³-hybridized carbons (Fsp3) is 0.190. The quantitative estimate of drug-likeness (QED) is 0.451. The first-order valence-corrected chi connectivity index (χ1v) is 10.7. The predicted molar refractivity (Wildman–Crippen MR) is 126 cm³/mol. The van der Waals surface area contributed by atoms with Crippen LogP contribution in [0.15, 0.2) is 35.2 Å². The van der Waals surface area contributed by atoms with E-state index >= 15 is 0 Å². The lowest BCUT2D eigenvalue weighted by Crippen LogP contribution is -2.36. The standard InChI is InChI=1S/C21H18ClFN2O5S2/c1-28-15-6-11(7-16(29-2)19(15)30-3)8-17-20(27)25(21(31)32-17)10-18(26)24-12-4-5-14(23)13(22)9-12/h4-9H,10H2,1-3H3,(H,24,26)/b17-8-. The third-order valence-corrected chi connectivity index (χ3v) is 6.03. The summed E-state index contributed by atoms with van der Waals surface area (Å²) in [4.78, 5) is 26.8. The molecule has 0 spiro atoms. The predicted octanol–water partition coefficient (Wildman–Crippen LogP) is 4.34. The lowest BCUT2D eigenvalue weighted by Gasteiger charge is -2.14. The average molecular weight is 497 g/mol. The second kappa shape index (κ2) is 10.2. The van der Waals surface area contributed by atoms with E-state index in [0.29, 0.717) is 33.4 Å². The van der Waals surface area contributed by atoms with Crippen molar-refractivity contribution in [2.75, 3.05) is 33.2 Å². The Morgan fingerprint density at radius 1 is 1.19 bits per heavy atom. The number of hydrogen-bond donors (Lipinski definition) is 1. The molecule has 2 aromatic carbocycles. The Balaban J connectivity index is 1.77. The highest BCUT2D eigenvalue weighted by atomic mass is 35.5. The van der Waals surface area contributed by atoms with Crippen LogP contribution in [-0.4, -0.2) is 48.9 Å². The molecule has 0 aliphatic carbocycles. The SMILES string of the molecule is COc1cc(/C=C2\SC(=S)N(CC(=O)Nc3ccc(F)c(Cl)c3)C2=O)cc(OC)c1OC. The Kier molecular flexibility index (Phi) is 7.60. The number of benzene rings is 2. The van der Waals surface area contributed by atoms with Crippen LogP contribution in [0.25, 0.3) is 6.08 Å². The number of thiocarbonyl (C=S) groups is 1. The number of thioether (sulfide) groups is 1. The summed E-state index contributed by atoms with van der Waals surface area (Å²) in [5.74, 6) is -0.216. The largest absolute Gasteiger partial charge is 0.493 e. The first-order chi connectivity index (χ1) is 15.3. The van der Waals surface area contributed by atoms with Crippen LogP contribution < -0.4 is 19.5 Å². The summed E-state index contributed by atoms with van der Waals surface area (Å²) in [6.07, 6.45) is 1.63. The van der Waals surface area contributed by atoms with Gasteiger partial charge in [0.15, 0.2) is 11.5 Å². The minimum Gasteiger partial charge on any atom is -0.493 e. The van der Waals surface area contributed by atoms with Crippen molar-refractivity contribution in [2.24, 2.45) is 0 Å². The van der Waals surface area contributed by atoms with Gasteiger partial charge < -0.3 is 19.5 Å². The van der Waals surface area contributed by atoms with E-state index in [1.807, 2.05) is 0 Å². The van der Waals surface area contributed by atoms with E-state index in [-0.39, 0.29) is 15.9 Å². The molecule has 11 heteroatoms. The molecule has 1 saturated heterocycles. The Labute approximate surface area is 198 Å². The van der Waals surface area contributed by atoms with E-state index in [1.165, 1.54) is 38.4 Å². The van der Waals surface area contributed by atoms with Gasteiger partial charge >= 0.3 is 0 Å². The van der Waals surface area contributed by atoms with Crippen molar-refractivity contribution < 1.29 is 28.2 Å². The summed E-state index contributed by atoms with van der Waals surface area (Å²) < 4.78 is 29.5. The number of methoxy groups -OCH3 is 3. The highest BCUT2D eigenvalue weighted by Crippen LogP contribution is 2.40. The molecule has 0 atom stereocenters. The zero-order valence-electron chi connectivity index (χ0n) is 17.2. The third-order valence-electron chi connectivity index (χ3n) is 4.36. The normalized spacial score (nSPS) is 14.7. The van der Waals surface area contributed by atoms with Gasteiger partial charge in [-0.1, -0.05) is 35.6 Å². The molecule has 0 aromatic heterocycles. The van der Waals surface area contributed by atoms with Gasteiger partial charge in [-0.2, -0.15) is 0 Å². The summed E-state index contributed by atoms with van der Waals surface area (Å²) in [7, 11) is 4.48. The molecule has 0 bridgehead atoms. The fourth-order valence-corrected chi connectivity index (χ4v) is 4.33. The first kappa shape index (κ1) is 23.8. The summed E-state index contributed by atoms with van der Waals surface area (Å²) in [5, 5.41) is 2.44. The summed E-state index contributed by atoms with van der Waals surface area (Å²) >= 11 is 12.1. The van der Waals surface area contributed by atoms with Crippen molar-refractivity contribution in [1.82, 2.24) is 4.90 Å². The molecule has 7 nitrogen and oxygen atoms in total. The van der Waals surface area contributed by atoms with Crippen molar-refractivity contribution in [3.05, 3.63) is 51.6 Å². The number of amides is 2. The maximum absolute atomic E-state index is 13.3. The molecule has 0 saturated carbocycles. The van der Waals surface area contributed by atoms with Gasteiger partial charge in [0, 0.05) is 5.69 Å². The van der Waals surface area contributed by atoms with Crippen LogP contribution in [0.4, 0.5) is 10.1 Å².